The summed E-state index contributed by atoms with van der Waals surface area (Å²) >= 11 is 12.6. The molecule has 0 bridgehead atoms. The molecule has 0 aliphatic heterocycles. The number of halogens is 3. The van der Waals surface area contributed by atoms with Gasteiger partial charge in [0.2, 0.25) is 19.1 Å². The Hall–Kier alpha value is -2.77. The fourth-order valence-corrected chi connectivity index (χ4v) is 10.4. The van der Waals surface area contributed by atoms with Crippen LogP contribution in [0.2, 0.25) is 10.0 Å². The van der Waals surface area contributed by atoms with Crippen LogP contribution in [0.5, 0.6) is 0 Å². The Bertz CT molecular complexity index is 1920. The van der Waals surface area contributed by atoms with Gasteiger partial charge in [0.1, 0.15) is 0 Å². The van der Waals surface area contributed by atoms with Crippen LogP contribution >= 0.6 is 33.9 Å². The number of ketones is 2. The number of hydrogen-bond acceptors (Lipinski definition) is 9. The second kappa shape index (κ2) is 19.7. The molecule has 0 heterocycles. The van der Waals surface area contributed by atoms with Crippen LogP contribution in [0, 0.1) is 0 Å². The number of benzene rings is 2. The Labute approximate surface area is 329 Å². The van der Waals surface area contributed by atoms with Crippen molar-refractivity contribution in [2.75, 3.05) is 21.1 Å². The lowest BCUT2D eigenvalue weighted by atomic mass is 9.96. The van der Waals surface area contributed by atoms with Crippen LogP contribution < -0.4 is 21.1 Å². The van der Waals surface area contributed by atoms with Crippen molar-refractivity contribution < 1.29 is 26.4 Å². The first-order chi connectivity index (χ1) is 25.1. The van der Waals surface area contributed by atoms with E-state index in [1.54, 1.807) is 24.3 Å². The zero-order valence-electron chi connectivity index (χ0n) is 30.4. The molecule has 292 valence electrons. The van der Waals surface area contributed by atoms with Crippen LogP contribution in [0.3, 0.4) is 0 Å². The van der Waals surface area contributed by atoms with Gasteiger partial charge in [-0.15, -0.1) is 0 Å². The molecule has 10 nitrogen and oxygen atoms in total. The summed E-state index contributed by atoms with van der Waals surface area (Å²) in [6.45, 7) is 3.66. The molecule has 4 aliphatic carbocycles. The predicted octanol–water partition coefficient (Wildman–Crippen LogP) is 10.1. The molecule has 2 aromatic carbocycles. The van der Waals surface area contributed by atoms with Gasteiger partial charge in [-0.2, -0.15) is 0 Å². The molecule has 2 saturated carbocycles. The number of carbonyl (C=O) groups is 2. The van der Waals surface area contributed by atoms with Gasteiger partial charge in [-0.1, -0.05) is 73.9 Å². The highest BCUT2D eigenvalue weighted by atomic mass is 35.7. The number of anilines is 4. The maximum atomic E-state index is 12.7. The molecule has 2 fully saturated rings. The summed E-state index contributed by atoms with van der Waals surface area (Å²) in [4.78, 5) is 23.5. The van der Waals surface area contributed by atoms with Gasteiger partial charge in [-0.25, -0.2) is 16.8 Å². The number of rotatable bonds is 8. The molecule has 15 heteroatoms. The van der Waals surface area contributed by atoms with Crippen LogP contribution in [0.25, 0.3) is 0 Å². The first-order valence-electron chi connectivity index (χ1n) is 18.4. The monoisotopic (exact) mass is 828 g/mol. The van der Waals surface area contributed by atoms with E-state index in [1.165, 1.54) is 0 Å². The maximum absolute atomic E-state index is 12.7. The van der Waals surface area contributed by atoms with Crippen molar-refractivity contribution in [3.05, 3.63) is 69.0 Å². The minimum absolute atomic E-state index is 0.143. The van der Waals surface area contributed by atoms with Crippen molar-refractivity contribution in [2.24, 2.45) is 0 Å². The lowest BCUT2D eigenvalue weighted by Crippen LogP contribution is -2.29. The number of nitrogens with two attached hydrogens (primary N) is 1. The molecular formula is C38H51Cl3N4O6S2. The van der Waals surface area contributed by atoms with Gasteiger partial charge in [0, 0.05) is 46.1 Å². The first kappa shape index (κ1) is 43.0. The normalized spacial score (nSPS) is 19.1. The van der Waals surface area contributed by atoms with E-state index in [9.17, 15) is 26.4 Å². The van der Waals surface area contributed by atoms with Gasteiger partial charge in [0.25, 0.3) is 0 Å². The molecule has 0 amide bonds. The largest absolute Gasteiger partial charge is 0.397 e. The summed E-state index contributed by atoms with van der Waals surface area (Å²) in [5, 5.41) is 6.66. The Balaban J connectivity index is 0.000000198. The third kappa shape index (κ3) is 12.4. The molecular weight excluding hydrogens is 779 g/mol. The molecule has 0 radical (unpaired) electrons. The van der Waals surface area contributed by atoms with Crippen molar-refractivity contribution in [2.45, 2.75) is 127 Å². The summed E-state index contributed by atoms with van der Waals surface area (Å²) in [5.74, 6) is 0.350. The zero-order valence-corrected chi connectivity index (χ0v) is 34.3. The topological polar surface area (TPSA) is 165 Å². The van der Waals surface area contributed by atoms with Crippen molar-refractivity contribution in [3.63, 3.8) is 0 Å². The highest BCUT2D eigenvalue weighted by molar-refractivity contribution is 8.14. The van der Waals surface area contributed by atoms with Gasteiger partial charge >= 0.3 is 0 Å². The summed E-state index contributed by atoms with van der Waals surface area (Å²) in [6.07, 6.45) is 13.6. The minimum Gasteiger partial charge on any atom is -0.397 e. The van der Waals surface area contributed by atoms with E-state index in [-0.39, 0.29) is 22.1 Å². The molecule has 0 spiro atoms. The minimum atomic E-state index is -3.46. The van der Waals surface area contributed by atoms with E-state index < -0.39 is 19.1 Å². The Morgan fingerprint density at radius 2 is 1.04 bits per heavy atom. The summed E-state index contributed by atoms with van der Waals surface area (Å²) < 4.78 is 49.5. The van der Waals surface area contributed by atoms with Crippen molar-refractivity contribution in [1.29, 1.82) is 0 Å². The average Bonchev–Trinajstić information content (AvgIpc) is 3.13. The molecule has 2 aromatic rings. The highest BCUT2D eigenvalue weighted by Gasteiger charge is 2.28. The Kier molecular flexibility index (Phi) is 16.0. The number of carbonyl (C=O) groups excluding carboxylic acids is 2. The smallest absolute Gasteiger partial charge is 0.235 e. The van der Waals surface area contributed by atoms with Gasteiger partial charge < -0.3 is 16.4 Å². The lowest BCUT2D eigenvalue weighted by molar-refractivity contribution is -0.116. The van der Waals surface area contributed by atoms with Crippen LogP contribution in [0.1, 0.15) is 117 Å². The van der Waals surface area contributed by atoms with E-state index in [4.69, 9.17) is 39.6 Å². The van der Waals surface area contributed by atoms with Crippen molar-refractivity contribution in [3.8, 4) is 0 Å². The van der Waals surface area contributed by atoms with Crippen molar-refractivity contribution in [1.82, 2.24) is 0 Å². The Morgan fingerprint density at radius 1 is 0.604 bits per heavy atom. The quantitative estimate of drug-likeness (QED) is 0.150. The second-order valence-electron chi connectivity index (χ2n) is 14.0. The van der Waals surface area contributed by atoms with Gasteiger partial charge in [-0.05, 0) is 89.5 Å². The van der Waals surface area contributed by atoms with E-state index in [0.29, 0.717) is 52.8 Å². The molecule has 0 atom stereocenters. The molecule has 6 rings (SSSR count). The average molecular weight is 830 g/mol. The van der Waals surface area contributed by atoms with Crippen LogP contribution in [-0.2, 0) is 28.7 Å². The summed E-state index contributed by atoms with van der Waals surface area (Å²) in [6, 6.07) is 10.7. The third-order valence-electron chi connectivity index (χ3n) is 10.2. The van der Waals surface area contributed by atoms with Crippen LogP contribution in [0.4, 0.5) is 22.7 Å². The summed E-state index contributed by atoms with van der Waals surface area (Å²) in [5.41, 5.74) is 11.4. The summed E-state index contributed by atoms with van der Waals surface area (Å²) in [7, 11) is -1.53. The van der Waals surface area contributed by atoms with Gasteiger partial charge in [0.15, 0.2) is 11.6 Å². The van der Waals surface area contributed by atoms with Gasteiger partial charge in [0.05, 0.1) is 43.3 Å². The lowest BCUT2D eigenvalue weighted by Gasteiger charge is -2.23. The second-order valence-corrected chi connectivity index (χ2v) is 19.7. The zero-order chi connectivity index (χ0) is 38.8. The number of Topliss-reactive ketones (excluding diaryl/α,β-unsaturated/α-hetero) is 2. The molecule has 4 aliphatic rings. The van der Waals surface area contributed by atoms with Crippen molar-refractivity contribution >= 4 is 87.3 Å². The molecule has 0 saturated heterocycles. The Morgan fingerprint density at radius 3 is 1.51 bits per heavy atom. The number of sulfonamides is 1. The van der Waals surface area contributed by atoms with Crippen LogP contribution in [-0.4, -0.2) is 38.9 Å². The van der Waals surface area contributed by atoms with Gasteiger partial charge in [-0.3, -0.25) is 14.3 Å². The van der Waals surface area contributed by atoms with E-state index in [2.05, 4.69) is 15.4 Å². The molecule has 53 heavy (non-hydrogen) atoms. The fourth-order valence-electron chi connectivity index (χ4n) is 6.89. The van der Waals surface area contributed by atoms with Crippen LogP contribution in [0.15, 0.2) is 58.9 Å². The number of allylic oxidation sites excluding steroid dienone is 4. The third-order valence-corrected chi connectivity index (χ3v) is 14.9. The fraction of sp³-hybridized carbons (Fsp3) is 0.526. The molecule has 0 unspecified atom stereocenters. The molecule has 0 aromatic heterocycles. The number of nitrogen functional groups attached to an aromatic ring is 1. The standard InChI is InChI=1S/C19H25ClN2O3S.C13H15ClN2O.C6H11ClO2S/c1-13-15(9-6-12-18(13)23)21-16-10-5-11-17(19(16)20)22-26(24,25)14-7-3-2-4-8-14;1-8-10(5-3-7-12(8)17)16-11-6-2-4-9(15)13(11)14;7-10(8,9)6-4-2-1-3-5-6/h5,10-11,14,21-22H,2-4,6-9,12H2,1H3;2,4,6,16H,3,5,7,15H2,1H3;6H,1-5H2. The highest BCUT2D eigenvalue weighted by Crippen LogP contribution is 2.35. The SMILES string of the molecule is CC1=C(Nc2cccc(N)c2Cl)CCCC1=O.CC1=C(Nc2cccc(NS(=O)(=O)C3CCCCC3)c2Cl)CCCC1=O.O=S(=O)(Cl)C1CCCCC1. The first-order valence-corrected chi connectivity index (χ1v) is 23.0. The van der Waals surface area contributed by atoms with E-state index in [1.807, 2.05) is 26.0 Å². The number of hydrogen-bond donors (Lipinski definition) is 4. The number of nitrogens with one attached hydrogen (secondary N) is 3. The molecule has 5 N–H and O–H groups in total. The van der Waals surface area contributed by atoms with E-state index in [0.717, 1.165) is 105 Å². The van der Waals surface area contributed by atoms with E-state index >= 15 is 0 Å². The predicted molar refractivity (Wildman–Crippen MR) is 219 cm³/mol. The maximum Gasteiger partial charge on any atom is 0.235 e.